The van der Waals surface area contributed by atoms with Crippen molar-refractivity contribution in [3.8, 4) is 0 Å². The van der Waals surface area contributed by atoms with E-state index in [1.807, 2.05) is 30.3 Å². The quantitative estimate of drug-likeness (QED) is 0.728. The molecule has 27 heavy (non-hydrogen) atoms. The maximum atomic E-state index is 11.1. The number of para-hydroxylation sites is 1. The summed E-state index contributed by atoms with van der Waals surface area (Å²) >= 11 is 0. The Morgan fingerprint density at radius 2 is 1.81 bits per heavy atom. The highest BCUT2D eigenvalue weighted by Crippen LogP contribution is 2.32. The molecule has 1 aliphatic rings. The first kappa shape index (κ1) is 17.0. The van der Waals surface area contributed by atoms with Gasteiger partial charge in [-0.05, 0) is 54.8 Å². The highest BCUT2D eigenvalue weighted by Gasteiger charge is 2.19. The summed E-state index contributed by atoms with van der Waals surface area (Å²) in [5.74, 6) is 1.34. The molecular weight excluding hydrogens is 338 g/mol. The lowest BCUT2D eigenvalue weighted by Crippen LogP contribution is -2.25. The van der Waals surface area contributed by atoms with Crippen LogP contribution in [-0.2, 0) is 11.2 Å². The van der Waals surface area contributed by atoms with Gasteiger partial charge in [0.2, 0.25) is 11.9 Å². The van der Waals surface area contributed by atoms with Gasteiger partial charge in [0, 0.05) is 36.7 Å². The van der Waals surface area contributed by atoms with E-state index < -0.39 is 0 Å². The maximum Gasteiger partial charge on any atom is 0.229 e. The number of rotatable bonds is 4. The van der Waals surface area contributed by atoms with Gasteiger partial charge in [-0.1, -0.05) is 18.2 Å². The van der Waals surface area contributed by atoms with Gasteiger partial charge in [-0.15, -0.1) is 0 Å². The topological polar surface area (TPSA) is 70.2 Å². The van der Waals surface area contributed by atoms with Crippen molar-refractivity contribution in [1.29, 1.82) is 0 Å². The highest BCUT2D eigenvalue weighted by atomic mass is 16.1. The van der Waals surface area contributed by atoms with Crippen LogP contribution in [0.3, 0.4) is 0 Å². The fourth-order valence-corrected chi connectivity index (χ4v) is 3.30. The zero-order chi connectivity index (χ0) is 18.6. The van der Waals surface area contributed by atoms with Gasteiger partial charge in [-0.25, -0.2) is 4.98 Å². The van der Waals surface area contributed by atoms with E-state index in [4.69, 9.17) is 4.98 Å². The molecule has 6 nitrogen and oxygen atoms in total. The molecule has 3 aromatic rings. The van der Waals surface area contributed by atoms with E-state index in [-0.39, 0.29) is 5.91 Å². The van der Waals surface area contributed by atoms with E-state index in [1.165, 1.54) is 18.2 Å². The molecule has 0 saturated heterocycles. The third kappa shape index (κ3) is 3.89. The van der Waals surface area contributed by atoms with E-state index in [1.54, 1.807) is 6.20 Å². The summed E-state index contributed by atoms with van der Waals surface area (Å²) < 4.78 is 0. The van der Waals surface area contributed by atoms with Crippen LogP contribution in [0.2, 0.25) is 0 Å². The number of nitrogens with zero attached hydrogens (tertiary/aromatic N) is 3. The molecule has 136 valence electrons. The number of hydrogen-bond acceptors (Lipinski definition) is 5. The van der Waals surface area contributed by atoms with E-state index >= 15 is 0 Å². The second-order valence-electron chi connectivity index (χ2n) is 6.51. The van der Waals surface area contributed by atoms with Gasteiger partial charge in [-0.3, -0.25) is 4.79 Å². The molecular formula is C21H21N5O. The van der Waals surface area contributed by atoms with Gasteiger partial charge in [0.15, 0.2) is 0 Å². The summed E-state index contributed by atoms with van der Waals surface area (Å²) in [7, 11) is 0. The number of carbonyl (C=O) groups excluding carboxylic acids is 1. The SMILES string of the molecule is CC(=O)Nc1ccc(Nc2nccc(N3CCCc4ccccc43)n2)cc1. The molecule has 1 aliphatic heterocycles. The van der Waals surface area contributed by atoms with Crippen LogP contribution >= 0.6 is 0 Å². The Labute approximate surface area is 158 Å². The Balaban J connectivity index is 1.54. The molecule has 0 bridgehead atoms. The van der Waals surface area contributed by atoms with Crippen LogP contribution in [0.25, 0.3) is 0 Å². The van der Waals surface area contributed by atoms with E-state index in [2.05, 4.69) is 44.8 Å². The molecule has 2 N–H and O–H groups in total. The molecule has 0 saturated carbocycles. The Hall–Kier alpha value is -3.41. The number of hydrogen-bond donors (Lipinski definition) is 2. The number of aromatic nitrogens is 2. The Morgan fingerprint density at radius 1 is 1.04 bits per heavy atom. The lowest BCUT2D eigenvalue weighted by Gasteiger charge is -2.30. The lowest BCUT2D eigenvalue weighted by molar-refractivity contribution is -0.114. The first-order valence-corrected chi connectivity index (χ1v) is 9.02. The standard InChI is InChI=1S/C21H21N5O/c1-15(27)23-17-8-10-18(11-9-17)24-21-22-13-12-20(25-21)26-14-4-6-16-5-2-3-7-19(16)26/h2-3,5,7-13H,4,6,14H2,1H3,(H,23,27)(H,22,24,25). The van der Waals surface area contributed by atoms with Gasteiger partial charge in [-0.2, -0.15) is 4.98 Å². The van der Waals surface area contributed by atoms with Gasteiger partial charge >= 0.3 is 0 Å². The number of amides is 1. The van der Waals surface area contributed by atoms with Crippen molar-refractivity contribution < 1.29 is 4.79 Å². The van der Waals surface area contributed by atoms with Gasteiger partial charge in [0.1, 0.15) is 5.82 Å². The number of anilines is 5. The minimum absolute atomic E-state index is 0.0893. The summed E-state index contributed by atoms with van der Waals surface area (Å²) in [6.45, 7) is 2.43. The van der Waals surface area contributed by atoms with E-state index in [0.717, 1.165) is 36.6 Å². The molecule has 1 aromatic heterocycles. The number of fused-ring (bicyclic) bond motifs is 1. The number of benzene rings is 2. The van der Waals surface area contributed by atoms with Gasteiger partial charge < -0.3 is 15.5 Å². The van der Waals surface area contributed by atoms with E-state index in [9.17, 15) is 4.79 Å². The van der Waals surface area contributed by atoms with Crippen LogP contribution in [0.5, 0.6) is 0 Å². The molecule has 0 spiro atoms. The van der Waals surface area contributed by atoms with Crippen molar-refractivity contribution in [2.75, 3.05) is 22.1 Å². The normalized spacial score (nSPS) is 13.0. The molecule has 4 rings (SSSR count). The maximum absolute atomic E-state index is 11.1. The van der Waals surface area contributed by atoms with Crippen molar-refractivity contribution >= 4 is 34.7 Å². The average Bonchev–Trinajstić information content (AvgIpc) is 2.69. The predicted octanol–water partition coefficient (Wildman–Crippen LogP) is 4.26. The van der Waals surface area contributed by atoms with E-state index in [0.29, 0.717) is 5.95 Å². The monoisotopic (exact) mass is 359 g/mol. The Morgan fingerprint density at radius 3 is 2.63 bits per heavy atom. The predicted molar refractivity (Wildman–Crippen MR) is 108 cm³/mol. The van der Waals surface area contributed by atoms with Crippen molar-refractivity contribution in [3.63, 3.8) is 0 Å². The fourth-order valence-electron chi connectivity index (χ4n) is 3.30. The Bertz CT molecular complexity index is 955. The molecule has 0 aliphatic carbocycles. The summed E-state index contributed by atoms with van der Waals surface area (Å²) in [4.78, 5) is 22.4. The molecule has 6 heteroatoms. The minimum atomic E-state index is -0.0893. The number of nitrogens with one attached hydrogen (secondary N) is 2. The highest BCUT2D eigenvalue weighted by molar-refractivity contribution is 5.88. The van der Waals surface area contributed by atoms with Crippen LogP contribution in [-0.4, -0.2) is 22.4 Å². The molecule has 2 heterocycles. The zero-order valence-corrected chi connectivity index (χ0v) is 15.1. The summed E-state index contributed by atoms with van der Waals surface area (Å²) in [5.41, 5.74) is 4.19. The van der Waals surface area contributed by atoms with Gasteiger partial charge in [0.25, 0.3) is 0 Å². The summed E-state index contributed by atoms with van der Waals surface area (Å²) in [6, 6.07) is 17.9. The third-order valence-corrected chi connectivity index (χ3v) is 4.49. The van der Waals surface area contributed by atoms with Crippen molar-refractivity contribution in [3.05, 3.63) is 66.4 Å². The largest absolute Gasteiger partial charge is 0.326 e. The van der Waals surface area contributed by atoms with Gasteiger partial charge in [0.05, 0.1) is 0 Å². The van der Waals surface area contributed by atoms with Crippen molar-refractivity contribution in [1.82, 2.24) is 9.97 Å². The molecule has 0 radical (unpaired) electrons. The molecule has 0 atom stereocenters. The van der Waals surface area contributed by atoms with Crippen molar-refractivity contribution in [2.24, 2.45) is 0 Å². The molecule has 0 fully saturated rings. The summed E-state index contributed by atoms with van der Waals surface area (Å²) in [6.07, 6.45) is 3.98. The Kier molecular flexibility index (Phi) is 4.70. The minimum Gasteiger partial charge on any atom is -0.326 e. The lowest BCUT2D eigenvalue weighted by atomic mass is 10.0. The van der Waals surface area contributed by atoms with Crippen LogP contribution in [0.4, 0.5) is 28.8 Å². The fraction of sp³-hybridized carbons (Fsp3) is 0.190. The van der Waals surface area contributed by atoms with Crippen LogP contribution in [0, 0.1) is 0 Å². The first-order valence-electron chi connectivity index (χ1n) is 9.02. The molecule has 2 aromatic carbocycles. The second kappa shape index (κ2) is 7.45. The van der Waals surface area contributed by atoms with Crippen LogP contribution < -0.4 is 15.5 Å². The zero-order valence-electron chi connectivity index (χ0n) is 15.1. The third-order valence-electron chi connectivity index (χ3n) is 4.49. The second-order valence-corrected chi connectivity index (χ2v) is 6.51. The molecule has 1 amide bonds. The average molecular weight is 359 g/mol. The van der Waals surface area contributed by atoms with Crippen molar-refractivity contribution in [2.45, 2.75) is 19.8 Å². The van der Waals surface area contributed by atoms with Crippen LogP contribution in [0.15, 0.2) is 60.8 Å². The summed E-state index contributed by atoms with van der Waals surface area (Å²) in [5, 5.41) is 5.98. The smallest absolute Gasteiger partial charge is 0.229 e. The number of aryl methyl sites for hydroxylation is 1. The van der Waals surface area contributed by atoms with Crippen LogP contribution in [0.1, 0.15) is 18.9 Å². The number of carbonyl (C=O) groups is 1. The first-order chi connectivity index (χ1) is 13.2. The molecule has 0 unspecified atom stereocenters.